The van der Waals surface area contributed by atoms with E-state index >= 15 is 0 Å². The second-order valence-electron chi connectivity index (χ2n) is 4.67. The summed E-state index contributed by atoms with van der Waals surface area (Å²) >= 11 is 5.21. The van der Waals surface area contributed by atoms with E-state index in [0.717, 1.165) is 20.9 Å². The first-order chi connectivity index (χ1) is 8.06. The molecule has 1 heterocycles. The van der Waals surface area contributed by atoms with E-state index in [1.165, 1.54) is 11.1 Å². The molecule has 0 aliphatic heterocycles. The SMILES string of the molecule is Cc1nc(-c2ccc(CC(C)C)cc2)sc1Br. The lowest BCUT2D eigenvalue weighted by Crippen LogP contribution is -1.93. The molecule has 0 radical (unpaired) electrons. The Bertz CT molecular complexity index is 480. The summed E-state index contributed by atoms with van der Waals surface area (Å²) in [5.41, 5.74) is 3.67. The zero-order valence-electron chi connectivity index (χ0n) is 10.3. The molecule has 0 N–H and O–H groups in total. The minimum atomic E-state index is 0.706. The van der Waals surface area contributed by atoms with Gasteiger partial charge < -0.3 is 0 Å². The van der Waals surface area contributed by atoms with Crippen LogP contribution in [0.3, 0.4) is 0 Å². The molecule has 3 heteroatoms. The Labute approximate surface area is 115 Å². The van der Waals surface area contributed by atoms with Gasteiger partial charge in [-0.15, -0.1) is 11.3 Å². The molecule has 90 valence electrons. The fraction of sp³-hybridized carbons (Fsp3) is 0.357. The van der Waals surface area contributed by atoms with Gasteiger partial charge in [0.25, 0.3) is 0 Å². The first-order valence-electron chi connectivity index (χ1n) is 5.78. The van der Waals surface area contributed by atoms with Gasteiger partial charge in [-0.25, -0.2) is 4.98 Å². The van der Waals surface area contributed by atoms with Crippen molar-refractivity contribution in [3.05, 3.63) is 39.3 Å². The Hall–Kier alpha value is -0.670. The first kappa shape index (κ1) is 12.8. The van der Waals surface area contributed by atoms with Gasteiger partial charge >= 0.3 is 0 Å². The van der Waals surface area contributed by atoms with Crippen molar-refractivity contribution in [1.82, 2.24) is 4.98 Å². The van der Waals surface area contributed by atoms with E-state index < -0.39 is 0 Å². The lowest BCUT2D eigenvalue weighted by atomic mass is 10.0. The van der Waals surface area contributed by atoms with Crippen molar-refractivity contribution >= 4 is 27.3 Å². The van der Waals surface area contributed by atoms with Crippen LogP contribution >= 0.6 is 27.3 Å². The first-order valence-corrected chi connectivity index (χ1v) is 7.39. The zero-order chi connectivity index (χ0) is 12.4. The summed E-state index contributed by atoms with van der Waals surface area (Å²) in [6.45, 7) is 6.52. The molecule has 0 saturated heterocycles. The predicted octanol–water partition coefficient (Wildman–Crippen LogP) is 5.08. The van der Waals surface area contributed by atoms with Gasteiger partial charge in [-0.05, 0) is 40.8 Å². The summed E-state index contributed by atoms with van der Waals surface area (Å²) in [5.74, 6) is 0.706. The fourth-order valence-electron chi connectivity index (χ4n) is 1.76. The molecule has 0 aliphatic rings. The van der Waals surface area contributed by atoms with Crippen LogP contribution in [-0.4, -0.2) is 4.98 Å². The number of rotatable bonds is 3. The van der Waals surface area contributed by atoms with E-state index in [1.54, 1.807) is 11.3 Å². The molecule has 17 heavy (non-hydrogen) atoms. The number of hydrogen-bond donors (Lipinski definition) is 0. The van der Waals surface area contributed by atoms with Crippen molar-refractivity contribution < 1.29 is 0 Å². The molecule has 0 unspecified atom stereocenters. The van der Waals surface area contributed by atoms with Crippen molar-refractivity contribution in [1.29, 1.82) is 0 Å². The van der Waals surface area contributed by atoms with Crippen LogP contribution in [0.4, 0.5) is 0 Å². The van der Waals surface area contributed by atoms with Gasteiger partial charge in [0.15, 0.2) is 0 Å². The molecule has 0 fully saturated rings. The van der Waals surface area contributed by atoms with Gasteiger partial charge in [0, 0.05) is 5.56 Å². The Morgan fingerprint density at radius 1 is 1.24 bits per heavy atom. The highest BCUT2D eigenvalue weighted by molar-refractivity contribution is 9.11. The van der Waals surface area contributed by atoms with Crippen LogP contribution < -0.4 is 0 Å². The molecule has 2 aromatic rings. The van der Waals surface area contributed by atoms with E-state index in [1.807, 2.05) is 6.92 Å². The molecule has 0 bridgehead atoms. The van der Waals surface area contributed by atoms with Crippen LogP contribution in [0.5, 0.6) is 0 Å². The Morgan fingerprint density at radius 3 is 2.35 bits per heavy atom. The average Bonchev–Trinajstić information content (AvgIpc) is 2.59. The molecule has 1 nitrogen and oxygen atoms in total. The van der Waals surface area contributed by atoms with E-state index in [0.29, 0.717) is 5.92 Å². The van der Waals surface area contributed by atoms with E-state index in [4.69, 9.17) is 0 Å². The minimum Gasteiger partial charge on any atom is -0.240 e. The average molecular weight is 310 g/mol. The summed E-state index contributed by atoms with van der Waals surface area (Å²) < 4.78 is 1.12. The maximum atomic E-state index is 4.54. The Morgan fingerprint density at radius 2 is 1.88 bits per heavy atom. The molecule has 0 saturated carbocycles. The number of nitrogens with zero attached hydrogens (tertiary/aromatic N) is 1. The number of aryl methyl sites for hydroxylation is 1. The van der Waals surface area contributed by atoms with Crippen molar-refractivity contribution in [2.45, 2.75) is 27.2 Å². The number of benzene rings is 1. The molecule has 0 atom stereocenters. The fourth-order valence-corrected chi connectivity index (χ4v) is 3.10. The van der Waals surface area contributed by atoms with Crippen molar-refractivity contribution in [2.24, 2.45) is 5.92 Å². The summed E-state index contributed by atoms with van der Waals surface area (Å²) in [4.78, 5) is 4.54. The highest BCUT2D eigenvalue weighted by atomic mass is 79.9. The summed E-state index contributed by atoms with van der Waals surface area (Å²) in [5, 5.41) is 1.09. The summed E-state index contributed by atoms with van der Waals surface area (Å²) in [6.07, 6.45) is 1.14. The van der Waals surface area contributed by atoms with Gasteiger partial charge in [-0.2, -0.15) is 0 Å². The number of aromatic nitrogens is 1. The van der Waals surface area contributed by atoms with Gasteiger partial charge in [0.1, 0.15) is 5.01 Å². The van der Waals surface area contributed by atoms with Crippen molar-refractivity contribution in [3.8, 4) is 10.6 Å². The quantitative estimate of drug-likeness (QED) is 0.770. The Kier molecular flexibility index (Phi) is 4.00. The molecule has 1 aromatic heterocycles. The third-order valence-electron chi connectivity index (χ3n) is 2.58. The largest absolute Gasteiger partial charge is 0.240 e. The van der Waals surface area contributed by atoms with Crippen LogP contribution in [0.1, 0.15) is 25.1 Å². The molecule has 0 aliphatic carbocycles. The smallest absolute Gasteiger partial charge is 0.124 e. The van der Waals surface area contributed by atoms with Crippen LogP contribution in [-0.2, 0) is 6.42 Å². The van der Waals surface area contributed by atoms with Gasteiger partial charge in [-0.3, -0.25) is 0 Å². The van der Waals surface area contributed by atoms with E-state index in [2.05, 4.69) is 59.0 Å². The van der Waals surface area contributed by atoms with Crippen LogP contribution in [0, 0.1) is 12.8 Å². The van der Waals surface area contributed by atoms with Gasteiger partial charge in [-0.1, -0.05) is 38.1 Å². The molecule has 1 aromatic carbocycles. The summed E-state index contributed by atoms with van der Waals surface area (Å²) in [6, 6.07) is 8.75. The van der Waals surface area contributed by atoms with Gasteiger partial charge in [0.05, 0.1) is 9.48 Å². The summed E-state index contributed by atoms with van der Waals surface area (Å²) in [7, 11) is 0. The normalized spacial score (nSPS) is 11.1. The maximum Gasteiger partial charge on any atom is 0.124 e. The van der Waals surface area contributed by atoms with Crippen molar-refractivity contribution in [2.75, 3.05) is 0 Å². The highest BCUT2D eigenvalue weighted by Crippen LogP contribution is 2.31. The second kappa shape index (κ2) is 5.32. The van der Waals surface area contributed by atoms with E-state index in [9.17, 15) is 0 Å². The molecular weight excluding hydrogens is 294 g/mol. The third kappa shape index (κ3) is 3.17. The standard InChI is InChI=1S/C14H16BrNS/c1-9(2)8-11-4-6-12(7-5-11)14-16-10(3)13(15)17-14/h4-7,9H,8H2,1-3H3. The lowest BCUT2D eigenvalue weighted by molar-refractivity contribution is 0.647. The monoisotopic (exact) mass is 309 g/mol. The molecule has 2 rings (SSSR count). The number of thiazole rings is 1. The highest BCUT2D eigenvalue weighted by Gasteiger charge is 2.07. The van der Waals surface area contributed by atoms with Crippen LogP contribution in [0.15, 0.2) is 28.1 Å². The minimum absolute atomic E-state index is 0.706. The second-order valence-corrected chi connectivity index (χ2v) is 6.99. The topological polar surface area (TPSA) is 12.9 Å². The Balaban J connectivity index is 2.23. The van der Waals surface area contributed by atoms with E-state index in [-0.39, 0.29) is 0 Å². The molecule has 0 spiro atoms. The lowest BCUT2D eigenvalue weighted by Gasteiger charge is -2.05. The molecular formula is C14H16BrNS. The number of halogens is 1. The zero-order valence-corrected chi connectivity index (χ0v) is 12.7. The van der Waals surface area contributed by atoms with Crippen LogP contribution in [0.25, 0.3) is 10.6 Å². The molecule has 0 amide bonds. The van der Waals surface area contributed by atoms with Gasteiger partial charge in [0.2, 0.25) is 0 Å². The number of hydrogen-bond acceptors (Lipinski definition) is 2. The predicted molar refractivity (Wildman–Crippen MR) is 78.5 cm³/mol. The maximum absolute atomic E-state index is 4.54. The van der Waals surface area contributed by atoms with Crippen LogP contribution in [0.2, 0.25) is 0 Å². The van der Waals surface area contributed by atoms with Crippen molar-refractivity contribution in [3.63, 3.8) is 0 Å². The third-order valence-corrected chi connectivity index (χ3v) is 4.64.